The first-order valence-corrected chi connectivity index (χ1v) is 9.90. The van der Waals surface area contributed by atoms with E-state index in [-0.39, 0.29) is 12.2 Å². The molecule has 0 amide bonds. The van der Waals surface area contributed by atoms with Gasteiger partial charge in [0.25, 0.3) is 0 Å². The number of piperidine rings is 1. The number of benzene rings is 2. The van der Waals surface area contributed by atoms with Crippen molar-refractivity contribution < 1.29 is 9.50 Å². The van der Waals surface area contributed by atoms with Gasteiger partial charge < -0.3 is 21.1 Å². The third-order valence-corrected chi connectivity index (χ3v) is 5.25. The van der Waals surface area contributed by atoms with Gasteiger partial charge in [-0.15, -0.1) is 0 Å². The molecule has 0 unspecified atom stereocenters. The van der Waals surface area contributed by atoms with Gasteiger partial charge in [-0.05, 0) is 66.5 Å². The summed E-state index contributed by atoms with van der Waals surface area (Å²) in [6, 6.07) is 11.8. The molecule has 0 bridgehead atoms. The van der Waals surface area contributed by atoms with Crippen LogP contribution in [0, 0.1) is 17.1 Å². The van der Waals surface area contributed by atoms with Gasteiger partial charge in [0.1, 0.15) is 5.82 Å². The summed E-state index contributed by atoms with van der Waals surface area (Å²) < 4.78 is 13.9. The summed E-state index contributed by atoms with van der Waals surface area (Å²) in [6.45, 7) is 2.86. The number of aliphatic hydroxyl groups is 1. The fourth-order valence-corrected chi connectivity index (χ4v) is 3.78. The van der Waals surface area contributed by atoms with Crippen molar-refractivity contribution in [1.29, 1.82) is 5.26 Å². The Labute approximate surface area is 170 Å². The van der Waals surface area contributed by atoms with E-state index in [9.17, 15) is 4.39 Å². The Morgan fingerprint density at radius 2 is 1.97 bits per heavy atom. The monoisotopic (exact) mass is 394 g/mol. The molecule has 0 radical (unpaired) electrons. The van der Waals surface area contributed by atoms with E-state index < -0.39 is 0 Å². The minimum atomic E-state index is -0.324. The highest BCUT2D eigenvalue weighted by atomic mass is 19.1. The predicted octanol–water partition coefficient (Wildman–Crippen LogP) is 1.45. The average Bonchev–Trinajstić information content (AvgIpc) is 2.77. The van der Waals surface area contributed by atoms with Crippen LogP contribution in [0.3, 0.4) is 0 Å². The topological polar surface area (TPSA) is 80.1 Å². The summed E-state index contributed by atoms with van der Waals surface area (Å²) in [4.78, 5) is 0. The van der Waals surface area contributed by atoms with Gasteiger partial charge in [0.05, 0.1) is 12.5 Å². The van der Waals surface area contributed by atoms with Gasteiger partial charge in [-0.1, -0.05) is 12.1 Å². The van der Waals surface area contributed by atoms with Crippen LogP contribution >= 0.6 is 0 Å². The normalized spacial score (nSPS) is 15.4. The van der Waals surface area contributed by atoms with Crippen LogP contribution in [0.1, 0.15) is 18.4 Å². The second-order valence-corrected chi connectivity index (χ2v) is 7.09. The van der Waals surface area contributed by atoms with E-state index >= 15 is 0 Å². The third-order valence-electron chi connectivity index (χ3n) is 5.25. The third kappa shape index (κ3) is 4.94. The van der Waals surface area contributed by atoms with Gasteiger partial charge in [0, 0.05) is 42.4 Å². The summed E-state index contributed by atoms with van der Waals surface area (Å²) in [5, 5.41) is 28.7. The van der Waals surface area contributed by atoms with Gasteiger partial charge in [-0.3, -0.25) is 0 Å². The van der Waals surface area contributed by atoms with Crippen LogP contribution in [0.4, 0.5) is 10.1 Å². The summed E-state index contributed by atoms with van der Waals surface area (Å²) >= 11 is 0. The van der Waals surface area contributed by atoms with E-state index in [4.69, 9.17) is 10.4 Å². The van der Waals surface area contributed by atoms with Crippen molar-refractivity contribution in [3.05, 3.63) is 52.1 Å². The lowest BCUT2D eigenvalue weighted by Crippen LogP contribution is -2.40. The summed E-state index contributed by atoms with van der Waals surface area (Å²) in [7, 11) is 1.00. The molecule has 0 aromatic heterocycles. The smallest absolute Gasteiger partial charge is 0.127 e. The second-order valence-electron chi connectivity index (χ2n) is 7.09. The molecule has 0 atom stereocenters. The number of hydrogen-bond acceptors (Lipinski definition) is 5. The molecule has 0 saturated carbocycles. The zero-order valence-corrected chi connectivity index (χ0v) is 16.6. The molecule has 2 heterocycles. The molecule has 1 fully saturated rings. The number of rotatable bonds is 4. The maximum Gasteiger partial charge on any atom is 0.127 e. The van der Waals surface area contributed by atoms with Crippen molar-refractivity contribution in [2.75, 3.05) is 32.1 Å². The van der Waals surface area contributed by atoms with E-state index in [0.29, 0.717) is 11.6 Å². The molecule has 4 N–H and O–H groups in total. The molecule has 2 aromatic rings. The highest BCUT2D eigenvalue weighted by Crippen LogP contribution is 2.23. The van der Waals surface area contributed by atoms with Crippen molar-refractivity contribution in [3.8, 4) is 17.2 Å². The van der Waals surface area contributed by atoms with Crippen molar-refractivity contribution >= 4 is 18.0 Å². The number of nitriles is 1. The first-order chi connectivity index (χ1) is 14.2. The first kappa shape index (κ1) is 20.8. The lowest BCUT2D eigenvalue weighted by Gasteiger charge is -2.25. The van der Waals surface area contributed by atoms with Crippen molar-refractivity contribution in [2.24, 2.45) is 0 Å². The summed E-state index contributed by atoms with van der Waals surface area (Å²) in [5.41, 5.74) is 3.52. The maximum absolute atomic E-state index is 13.9. The Bertz CT molecular complexity index is 1010. The van der Waals surface area contributed by atoms with Crippen LogP contribution in [-0.4, -0.2) is 37.9 Å². The molecular formula is C23H27FN4O. The first-order valence-electron chi connectivity index (χ1n) is 9.90. The highest BCUT2D eigenvalue weighted by Gasteiger charge is 2.15. The number of nitrogens with zero attached hydrogens (tertiary/aromatic N) is 1. The molecule has 4 rings (SSSR count). The SMILES string of the molecule is CO.N#CCc1cc(-c2cc(NC3CCNCC3)c3c(c2)=CCNC=3)ccc1F. The molecule has 6 heteroatoms. The number of aliphatic hydroxyl groups excluding tert-OH is 1. The number of anilines is 1. The Kier molecular flexibility index (Phi) is 7.23. The van der Waals surface area contributed by atoms with E-state index in [1.807, 2.05) is 6.07 Å². The van der Waals surface area contributed by atoms with Gasteiger partial charge in [0.2, 0.25) is 0 Å². The predicted molar refractivity (Wildman–Crippen MR) is 115 cm³/mol. The van der Waals surface area contributed by atoms with Gasteiger partial charge in [-0.25, -0.2) is 4.39 Å². The van der Waals surface area contributed by atoms with Crippen LogP contribution in [0.25, 0.3) is 23.4 Å². The molecule has 1 saturated heterocycles. The molecule has 0 spiro atoms. The van der Waals surface area contributed by atoms with Gasteiger partial charge >= 0.3 is 0 Å². The van der Waals surface area contributed by atoms with Crippen LogP contribution in [0.2, 0.25) is 0 Å². The Morgan fingerprint density at radius 3 is 2.72 bits per heavy atom. The minimum absolute atomic E-state index is 0.0780. The Balaban J connectivity index is 0.00000117. The fraction of sp³-hybridized carbons (Fsp3) is 0.348. The quantitative estimate of drug-likeness (QED) is 0.631. The number of hydrogen-bond donors (Lipinski definition) is 4. The molecular weight excluding hydrogens is 367 g/mol. The minimum Gasteiger partial charge on any atom is -0.400 e. The average molecular weight is 394 g/mol. The molecule has 2 aliphatic heterocycles. The lowest BCUT2D eigenvalue weighted by molar-refractivity contribution is 0.399. The summed E-state index contributed by atoms with van der Waals surface area (Å²) in [5.74, 6) is -0.324. The van der Waals surface area contributed by atoms with Crippen LogP contribution in [0.15, 0.2) is 30.3 Å². The molecule has 29 heavy (non-hydrogen) atoms. The molecule has 5 nitrogen and oxygen atoms in total. The number of nitrogens with one attached hydrogen (secondary N) is 3. The molecule has 0 aliphatic carbocycles. The van der Waals surface area contributed by atoms with E-state index in [1.54, 1.807) is 12.1 Å². The van der Waals surface area contributed by atoms with Crippen molar-refractivity contribution in [3.63, 3.8) is 0 Å². The zero-order valence-electron chi connectivity index (χ0n) is 16.6. The maximum atomic E-state index is 13.9. The Morgan fingerprint density at radius 1 is 1.17 bits per heavy atom. The van der Waals surface area contributed by atoms with E-state index in [1.165, 1.54) is 16.5 Å². The van der Waals surface area contributed by atoms with Gasteiger partial charge in [0.15, 0.2) is 0 Å². The Hall–Kier alpha value is -2.88. The zero-order chi connectivity index (χ0) is 20.6. The lowest BCUT2D eigenvalue weighted by atomic mass is 9.98. The number of halogens is 1. The van der Waals surface area contributed by atoms with Crippen LogP contribution in [-0.2, 0) is 6.42 Å². The standard InChI is InChI=1S/C22H23FN4.CH4O/c23-21-2-1-15(11-17(21)3-7-24)18-12-16-4-8-26-14-20(16)22(13-18)27-19-5-9-25-10-6-19;1-2/h1-2,4,11-14,19,25-27H,3,5-6,8-10H2;2H,1H3. The van der Waals surface area contributed by atoms with Crippen LogP contribution in [0.5, 0.6) is 0 Å². The van der Waals surface area contributed by atoms with Crippen LogP contribution < -0.4 is 26.4 Å². The van der Waals surface area contributed by atoms with E-state index in [0.717, 1.165) is 56.4 Å². The van der Waals surface area contributed by atoms with Crippen molar-refractivity contribution in [1.82, 2.24) is 10.6 Å². The molecule has 2 aliphatic rings. The van der Waals surface area contributed by atoms with Gasteiger partial charge in [-0.2, -0.15) is 5.26 Å². The van der Waals surface area contributed by atoms with E-state index in [2.05, 4.69) is 40.4 Å². The molecule has 2 aromatic carbocycles. The number of fused-ring (bicyclic) bond motifs is 1. The highest BCUT2D eigenvalue weighted by molar-refractivity contribution is 5.71. The second kappa shape index (κ2) is 10.1. The molecule has 152 valence electrons. The largest absolute Gasteiger partial charge is 0.400 e. The summed E-state index contributed by atoms with van der Waals surface area (Å²) in [6.07, 6.45) is 6.51. The fourth-order valence-electron chi connectivity index (χ4n) is 3.78. The van der Waals surface area contributed by atoms with Crippen molar-refractivity contribution in [2.45, 2.75) is 25.3 Å².